The molecule has 0 fully saturated rings. The lowest BCUT2D eigenvalue weighted by molar-refractivity contribution is 0.0952. The number of carbonyl (C=O) groups excluding carboxylic acids is 1. The van der Waals surface area contributed by atoms with E-state index in [0.717, 1.165) is 0 Å². The third kappa shape index (κ3) is 4.42. The minimum absolute atomic E-state index is 0.0367. The van der Waals surface area contributed by atoms with Gasteiger partial charge in [-0.25, -0.2) is 8.42 Å². The predicted octanol–water partition coefficient (Wildman–Crippen LogP) is 2.25. The molecule has 0 radical (unpaired) electrons. The minimum atomic E-state index is -3.86. The number of anilines is 1. The van der Waals surface area contributed by atoms with Gasteiger partial charge in [-0.05, 0) is 49.4 Å². The Morgan fingerprint density at radius 3 is 2.28 bits per heavy atom. The summed E-state index contributed by atoms with van der Waals surface area (Å²) in [4.78, 5) is 12.1. The monoisotopic (exact) mass is 364 g/mol. The normalized spacial score (nSPS) is 10.8. The first-order chi connectivity index (χ1) is 11.9. The smallest absolute Gasteiger partial charge is 0.261 e. The molecule has 25 heavy (non-hydrogen) atoms. The second kappa shape index (κ2) is 7.89. The van der Waals surface area contributed by atoms with Crippen molar-refractivity contribution in [3.05, 3.63) is 48.0 Å². The molecule has 0 aliphatic heterocycles. The van der Waals surface area contributed by atoms with Gasteiger partial charge in [0.2, 0.25) is 0 Å². The number of carbonyl (C=O) groups is 1. The first-order valence-electron chi connectivity index (χ1n) is 7.54. The Balaban J connectivity index is 2.34. The first-order valence-corrected chi connectivity index (χ1v) is 9.02. The van der Waals surface area contributed by atoms with Gasteiger partial charge >= 0.3 is 0 Å². The predicted molar refractivity (Wildman–Crippen MR) is 94.8 cm³/mol. The summed E-state index contributed by atoms with van der Waals surface area (Å²) in [7, 11) is -0.910. The van der Waals surface area contributed by atoms with Gasteiger partial charge in [-0.3, -0.25) is 9.52 Å². The van der Waals surface area contributed by atoms with Crippen molar-refractivity contribution in [1.82, 2.24) is 5.32 Å². The van der Waals surface area contributed by atoms with E-state index in [-0.39, 0.29) is 10.5 Å². The Kier molecular flexibility index (Phi) is 5.87. The van der Waals surface area contributed by atoms with E-state index >= 15 is 0 Å². The van der Waals surface area contributed by atoms with E-state index in [1.807, 2.05) is 0 Å². The average Bonchev–Trinajstić information content (AvgIpc) is 2.61. The van der Waals surface area contributed by atoms with Crippen LogP contribution < -0.4 is 19.5 Å². The van der Waals surface area contributed by atoms with Gasteiger partial charge in [-0.2, -0.15) is 0 Å². The van der Waals surface area contributed by atoms with Gasteiger partial charge in [0.25, 0.3) is 15.9 Å². The molecule has 0 spiro atoms. The van der Waals surface area contributed by atoms with E-state index in [4.69, 9.17) is 9.47 Å². The van der Waals surface area contributed by atoms with Crippen LogP contribution >= 0.6 is 0 Å². The minimum Gasteiger partial charge on any atom is -0.497 e. The number of sulfonamides is 1. The number of hydrogen-bond donors (Lipinski definition) is 2. The lowest BCUT2D eigenvalue weighted by atomic mass is 10.2. The molecule has 0 atom stereocenters. The Bertz CT molecular complexity index is 848. The fourth-order valence-electron chi connectivity index (χ4n) is 2.16. The van der Waals surface area contributed by atoms with Crippen LogP contribution in [0.15, 0.2) is 47.4 Å². The van der Waals surface area contributed by atoms with E-state index in [2.05, 4.69) is 10.0 Å². The van der Waals surface area contributed by atoms with Crippen LogP contribution in [0.1, 0.15) is 17.3 Å². The molecule has 0 aliphatic rings. The highest BCUT2D eigenvalue weighted by molar-refractivity contribution is 7.92. The van der Waals surface area contributed by atoms with Crippen molar-refractivity contribution in [2.24, 2.45) is 0 Å². The molecule has 2 aromatic rings. The van der Waals surface area contributed by atoms with Crippen molar-refractivity contribution in [3.63, 3.8) is 0 Å². The number of hydrogen-bond acceptors (Lipinski definition) is 5. The molecular weight excluding hydrogens is 344 g/mol. The van der Waals surface area contributed by atoms with Crippen LogP contribution in [0.4, 0.5) is 5.69 Å². The van der Waals surface area contributed by atoms with E-state index in [9.17, 15) is 13.2 Å². The van der Waals surface area contributed by atoms with Crippen molar-refractivity contribution >= 4 is 21.6 Å². The summed E-state index contributed by atoms with van der Waals surface area (Å²) in [5.74, 6) is 0.515. The van der Waals surface area contributed by atoms with Crippen molar-refractivity contribution in [2.45, 2.75) is 11.8 Å². The second-order valence-corrected chi connectivity index (χ2v) is 6.74. The molecule has 7 nitrogen and oxygen atoms in total. The van der Waals surface area contributed by atoms with Gasteiger partial charge in [0.1, 0.15) is 11.5 Å². The maximum Gasteiger partial charge on any atom is 0.261 e. The summed E-state index contributed by atoms with van der Waals surface area (Å²) in [5, 5.41) is 2.63. The van der Waals surface area contributed by atoms with Crippen molar-refractivity contribution in [2.75, 3.05) is 25.5 Å². The quantitative estimate of drug-likeness (QED) is 0.786. The largest absolute Gasteiger partial charge is 0.497 e. The van der Waals surface area contributed by atoms with Crippen molar-refractivity contribution in [1.29, 1.82) is 0 Å². The summed E-state index contributed by atoms with van der Waals surface area (Å²) < 4.78 is 37.8. The van der Waals surface area contributed by atoms with Crippen molar-refractivity contribution in [3.8, 4) is 11.5 Å². The zero-order valence-electron chi connectivity index (χ0n) is 14.2. The van der Waals surface area contributed by atoms with Gasteiger partial charge < -0.3 is 14.8 Å². The summed E-state index contributed by atoms with van der Waals surface area (Å²) >= 11 is 0. The number of benzene rings is 2. The van der Waals surface area contributed by atoms with E-state index in [1.54, 1.807) is 31.2 Å². The molecule has 2 rings (SSSR count). The summed E-state index contributed by atoms with van der Waals surface area (Å²) in [5.41, 5.74) is 0.540. The third-order valence-corrected chi connectivity index (χ3v) is 4.78. The zero-order chi connectivity index (χ0) is 18.4. The number of amides is 1. The molecule has 0 aliphatic carbocycles. The van der Waals surface area contributed by atoms with Gasteiger partial charge in [0.15, 0.2) is 0 Å². The van der Waals surface area contributed by atoms with Crippen LogP contribution in [-0.4, -0.2) is 35.1 Å². The van der Waals surface area contributed by atoms with Crippen LogP contribution in [0.5, 0.6) is 11.5 Å². The molecule has 0 aromatic heterocycles. The van der Waals surface area contributed by atoms with Gasteiger partial charge in [0.05, 0.1) is 24.7 Å². The zero-order valence-corrected chi connectivity index (χ0v) is 15.0. The molecule has 0 heterocycles. The highest BCUT2D eigenvalue weighted by atomic mass is 32.2. The molecule has 2 N–H and O–H groups in total. The Morgan fingerprint density at radius 2 is 1.72 bits per heavy atom. The van der Waals surface area contributed by atoms with Crippen LogP contribution in [-0.2, 0) is 10.0 Å². The fourth-order valence-corrected chi connectivity index (χ4v) is 3.25. The summed E-state index contributed by atoms with van der Waals surface area (Å²) in [6.07, 6.45) is 0. The molecule has 134 valence electrons. The molecule has 0 bridgehead atoms. The molecule has 0 saturated carbocycles. The van der Waals surface area contributed by atoms with Crippen LogP contribution in [0.3, 0.4) is 0 Å². The molecule has 2 aromatic carbocycles. The topological polar surface area (TPSA) is 93.7 Å². The van der Waals surface area contributed by atoms with E-state index < -0.39 is 15.9 Å². The van der Waals surface area contributed by atoms with Crippen LogP contribution in [0.25, 0.3) is 0 Å². The van der Waals surface area contributed by atoms with Gasteiger partial charge in [-0.15, -0.1) is 0 Å². The SMILES string of the molecule is CCNC(=O)c1cc(S(=O)(=O)Nc2ccc(OC)cc2)ccc1OC. The van der Waals surface area contributed by atoms with E-state index in [0.29, 0.717) is 23.7 Å². The molecule has 0 unspecified atom stereocenters. The average molecular weight is 364 g/mol. The molecular formula is C17H20N2O5S. The van der Waals surface area contributed by atoms with Gasteiger partial charge in [0, 0.05) is 12.2 Å². The third-order valence-electron chi connectivity index (χ3n) is 3.41. The van der Waals surface area contributed by atoms with Gasteiger partial charge in [-0.1, -0.05) is 0 Å². The number of rotatable bonds is 7. The highest BCUT2D eigenvalue weighted by Crippen LogP contribution is 2.24. The lowest BCUT2D eigenvalue weighted by Crippen LogP contribution is -2.24. The molecule has 8 heteroatoms. The number of ether oxygens (including phenoxy) is 2. The maximum atomic E-state index is 12.6. The van der Waals surface area contributed by atoms with Crippen molar-refractivity contribution < 1.29 is 22.7 Å². The summed E-state index contributed by atoms with van der Waals surface area (Å²) in [6.45, 7) is 2.19. The Morgan fingerprint density at radius 1 is 1.04 bits per heavy atom. The van der Waals surface area contributed by atoms with Crippen LogP contribution in [0.2, 0.25) is 0 Å². The second-order valence-electron chi connectivity index (χ2n) is 5.06. The fraction of sp³-hybridized carbons (Fsp3) is 0.235. The molecule has 0 saturated heterocycles. The number of methoxy groups -OCH3 is 2. The highest BCUT2D eigenvalue weighted by Gasteiger charge is 2.19. The van der Waals surface area contributed by atoms with Crippen LogP contribution in [0, 0.1) is 0 Å². The lowest BCUT2D eigenvalue weighted by Gasteiger charge is -2.12. The summed E-state index contributed by atoms with van der Waals surface area (Å²) in [6, 6.07) is 10.6. The molecule has 1 amide bonds. The standard InChI is InChI=1S/C17H20N2O5S/c1-4-18-17(20)15-11-14(9-10-16(15)24-3)25(21,22)19-12-5-7-13(23-2)8-6-12/h5-11,19H,4H2,1-3H3,(H,18,20). The maximum absolute atomic E-state index is 12.6. The van der Waals surface area contributed by atoms with E-state index in [1.165, 1.54) is 32.4 Å². The Labute approximate surface area is 147 Å². The number of nitrogens with one attached hydrogen (secondary N) is 2. The first kappa shape index (κ1) is 18.6. The Hall–Kier alpha value is -2.74.